The first kappa shape index (κ1) is 14.1. The molecule has 0 aliphatic carbocycles. The van der Waals surface area contributed by atoms with Gasteiger partial charge in [0.25, 0.3) is 0 Å². The normalized spacial score (nSPS) is 10.9. The molecule has 2 aromatic rings. The van der Waals surface area contributed by atoms with Gasteiger partial charge in [-0.2, -0.15) is 0 Å². The molecule has 0 saturated heterocycles. The molecule has 0 aliphatic rings. The van der Waals surface area contributed by atoms with Gasteiger partial charge in [-0.15, -0.1) is 0 Å². The fourth-order valence-electron chi connectivity index (χ4n) is 2.29. The first-order valence-corrected chi connectivity index (χ1v) is 6.54. The molecule has 20 heavy (non-hydrogen) atoms. The predicted molar refractivity (Wildman–Crippen MR) is 74.4 cm³/mol. The minimum absolute atomic E-state index is 0.0867. The number of hydrogen-bond donors (Lipinski definition) is 2. The van der Waals surface area contributed by atoms with Gasteiger partial charge in [0.15, 0.2) is 5.78 Å². The van der Waals surface area contributed by atoms with Crippen molar-refractivity contribution < 1.29 is 19.4 Å². The van der Waals surface area contributed by atoms with Gasteiger partial charge in [0.2, 0.25) is 0 Å². The summed E-state index contributed by atoms with van der Waals surface area (Å²) >= 11 is 0. The van der Waals surface area contributed by atoms with Crippen LogP contribution in [0.1, 0.15) is 42.6 Å². The number of carbonyl (C=O) groups excluding carboxylic acids is 1. The van der Waals surface area contributed by atoms with Gasteiger partial charge in [-0.3, -0.25) is 4.79 Å². The SMILES string of the molecule is CCCc1cc(=O)oc2cc(O)c(C(=O)CC)c(O)c12. The number of aryl methyl sites for hydroxylation is 1. The van der Waals surface area contributed by atoms with Crippen LogP contribution in [-0.4, -0.2) is 16.0 Å². The van der Waals surface area contributed by atoms with E-state index in [2.05, 4.69) is 0 Å². The van der Waals surface area contributed by atoms with Crippen LogP contribution >= 0.6 is 0 Å². The smallest absolute Gasteiger partial charge is 0.336 e. The van der Waals surface area contributed by atoms with Crippen LogP contribution in [0.4, 0.5) is 0 Å². The van der Waals surface area contributed by atoms with Gasteiger partial charge in [-0.1, -0.05) is 20.3 Å². The van der Waals surface area contributed by atoms with Crippen molar-refractivity contribution in [3.8, 4) is 11.5 Å². The summed E-state index contributed by atoms with van der Waals surface area (Å²) in [4.78, 5) is 23.3. The number of rotatable bonds is 4. The topological polar surface area (TPSA) is 87.7 Å². The Balaban J connectivity index is 2.88. The highest BCUT2D eigenvalue weighted by atomic mass is 16.4. The molecule has 1 aromatic heterocycles. The van der Waals surface area contributed by atoms with Crippen molar-refractivity contribution in [1.29, 1.82) is 0 Å². The highest BCUT2D eigenvalue weighted by Crippen LogP contribution is 2.37. The second kappa shape index (κ2) is 5.36. The average Bonchev–Trinajstić information content (AvgIpc) is 2.37. The molecule has 106 valence electrons. The number of ketones is 1. The first-order valence-electron chi connectivity index (χ1n) is 6.54. The maximum absolute atomic E-state index is 11.8. The maximum Gasteiger partial charge on any atom is 0.336 e. The van der Waals surface area contributed by atoms with E-state index in [0.717, 1.165) is 6.42 Å². The summed E-state index contributed by atoms with van der Waals surface area (Å²) in [5.41, 5.74) is 0.0329. The van der Waals surface area contributed by atoms with Gasteiger partial charge in [-0.05, 0) is 12.0 Å². The highest BCUT2D eigenvalue weighted by molar-refractivity contribution is 6.06. The number of fused-ring (bicyclic) bond motifs is 1. The summed E-state index contributed by atoms with van der Waals surface area (Å²) in [7, 11) is 0. The third kappa shape index (κ3) is 2.27. The largest absolute Gasteiger partial charge is 0.507 e. The van der Waals surface area contributed by atoms with Crippen molar-refractivity contribution in [2.75, 3.05) is 0 Å². The van der Waals surface area contributed by atoms with Crippen molar-refractivity contribution >= 4 is 16.8 Å². The van der Waals surface area contributed by atoms with Gasteiger partial charge in [0, 0.05) is 18.6 Å². The zero-order chi connectivity index (χ0) is 14.9. The summed E-state index contributed by atoms with van der Waals surface area (Å²) in [6, 6.07) is 2.52. The van der Waals surface area contributed by atoms with E-state index < -0.39 is 5.63 Å². The Kier molecular flexibility index (Phi) is 3.79. The van der Waals surface area contributed by atoms with Gasteiger partial charge in [0.1, 0.15) is 22.6 Å². The summed E-state index contributed by atoms with van der Waals surface area (Å²) in [6.07, 6.45) is 1.50. The monoisotopic (exact) mass is 276 g/mol. The zero-order valence-corrected chi connectivity index (χ0v) is 11.4. The first-order chi connectivity index (χ1) is 9.49. The molecule has 0 fully saturated rings. The summed E-state index contributed by atoms with van der Waals surface area (Å²) in [5.74, 6) is -1.06. The molecule has 0 bridgehead atoms. The predicted octanol–water partition coefficient (Wildman–Crippen LogP) is 2.75. The zero-order valence-electron chi connectivity index (χ0n) is 11.4. The molecule has 0 atom stereocenters. The number of carbonyl (C=O) groups is 1. The Bertz CT molecular complexity index is 727. The summed E-state index contributed by atoms with van der Waals surface area (Å²) in [5, 5.41) is 20.5. The van der Waals surface area contributed by atoms with E-state index in [4.69, 9.17) is 4.42 Å². The van der Waals surface area contributed by atoms with E-state index in [1.54, 1.807) is 6.92 Å². The highest BCUT2D eigenvalue weighted by Gasteiger charge is 2.21. The quantitative estimate of drug-likeness (QED) is 0.662. The molecule has 0 aliphatic heterocycles. The molecule has 5 nitrogen and oxygen atoms in total. The number of phenols is 2. The lowest BCUT2D eigenvalue weighted by Crippen LogP contribution is -2.04. The molecule has 0 radical (unpaired) electrons. The molecule has 0 spiro atoms. The van der Waals surface area contributed by atoms with E-state index in [1.807, 2.05) is 6.92 Å². The lowest BCUT2D eigenvalue weighted by molar-refractivity contribution is 0.0983. The van der Waals surface area contributed by atoms with Crippen LogP contribution in [0, 0.1) is 0 Å². The van der Waals surface area contributed by atoms with Crippen molar-refractivity contribution in [1.82, 2.24) is 0 Å². The average molecular weight is 276 g/mol. The molecule has 1 aromatic carbocycles. The lowest BCUT2D eigenvalue weighted by atomic mass is 9.98. The van der Waals surface area contributed by atoms with Crippen molar-refractivity contribution in [2.24, 2.45) is 0 Å². The van der Waals surface area contributed by atoms with Crippen molar-refractivity contribution in [2.45, 2.75) is 33.1 Å². The molecule has 1 heterocycles. The second-order valence-corrected chi connectivity index (χ2v) is 4.61. The standard InChI is InChI=1S/C15H16O5/c1-3-5-8-6-12(18)20-11-7-10(17)14(9(16)4-2)15(19)13(8)11/h6-7,17,19H,3-5H2,1-2H3. The minimum atomic E-state index is -0.547. The Morgan fingerprint density at radius 1 is 1.25 bits per heavy atom. The van der Waals surface area contributed by atoms with Gasteiger partial charge < -0.3 is 14.6 Å². The van der Waals surface area contributed by atoms with E-state index in [1.165, 1.54) is 12.1 Å². The van der Waals surface area contributed by atoms with Crippen LogP contribution in [0.25, 0.3) is 11.0 Å². The van der Waals surface area contributed by atoms with Crippen LogP contribution < -0.4 is 5.63 Å². The number of phenolic OH excluding ortho intramolecular Hbond substituents is 2. The lowest BCUT2D eigenvalue weighted by Gasteiger charge is -2.11. The second-order valence-electron chi connectivity index (χ2n) is 4.61. The molecule has 2 N–H and O–H groups in total. The number of benzene rings is 1. The van der Waals surface area contributed by atoms with Crippen LogP contribution in [0.3, 0.4) is 0 Å². The Hall–Kier alpha value is -2.30. The Morgan fingerprint density at radius 2 is 1.95 bits per heavy atom. The molecule has 5 heteroatoms. The molecular formula is C15H16O5. The molecule has 0 saturated carbocycles. The fraction of sp³-hybridized carbons (Fsp3) is 0.333. The molecule has 2 rings (SSSR count). The third-order valence-electron chi connectivity index (χ3n) is 3.19. The number of Topliss-reactive ketones (excluding diaryl/α,β-unsaturated/α-hetero) is 1. The van der Waals surface area contributed by atoms with Crippen molar-refractivity contribution in [3.63, 3.8) is 0 Å². The molecule has 0 amide bonds. The van der Waals surface area contributed by atoms with Crippen LogP contribution in [-0.2, 0) is 6.42 Å². The van der Waals surface area contributed by atoms with Crippen LogP contribution in [0.15, 0.2) is 21.3 Å². The van der Waals surface area contributed by atoms with Gasteiger partial charge in [-0.25, -0.2) is 4.79 Å². The van der Waals surface area contributed by atoms with Gasteiger partial charge in [0.05, 0.1) is 5.39 Å². The van der Waals surface area contributed by atoms with Crippen molar-refractivity contribution in [3.05, 3.63) is 33.7 Å². The summed E-state index contributed by atoms with van der Waals surface area (Å²) in [6.45, 7) is 3.58. The minimum Gasteiger partial charge on any atom is -0.507 e. The van der Waals surface area contributed by atoms with E-state index in [9.17, 15) is 19.8 Å². The Labute approximate surface area is 115 Å². The van der Waals surface area contributed by atoms with E-state index >= 15 is 0 Å². The Morgan fingerprint density at radius 3 is 2.55 bits per heavy atom. The molecular weight excluding hydrogens is 260 g/mol. The van der Waals surface area contributed by atoms with Crippen LogP contribution in [0.2, 0.25) is 0 Å². The summed E-state index contributed by atoms with van der Waals surface area (Å²) < 4.78 is 4.99. The number of hydrogen-bond acceptors (Lipinski definition) is 5. The maximum atomic E-state index is 11.8. The fourth-order valence-corrected chi connectivity index (χ4v) is 2.29. The van der Waals surface area contributed by atoms with Gasteiger partial charge >= 0.3 is 5.63 Å². The van der Waals surface area contributed by atoms with E-state index in [0.29, 0.717) is 17.4 Å². The number of aromatic hydroxyl groups is 2. The third-order valence-corrected chi connectivity index (χ3v) is 3.19. The van der Waals surface area contributed by atoms with E-state index in [-0.39, 0.29) is 34.8 Å². The van der Waals surface area contributed by atoms with Crippen LogP contribution in [0.5, 0.6) is 11.5 Å². The molecule has 0 unspecified atom stereocenters.